The lowest BCUT2D eigenvalue weighted by atomic mass is 9.89. The zero-order valence-electron chi connectivity index (χ0n) is 21.4. The van der Waals surface area contributed by atoms with Gasteiger partial charge in [0, 0.05) is 31.0 Å². The molecule has 0 saturated heterocycles. The molecule has 3 N–H and O–H groups in total. The number of benzene rings is 1. The molecule has 0 unspecified atom stereocenters. The third-order valence-corrected chi connectivity index (χ3v) is 7.48. The van der Waals surface area contributed by atoms with Gasteiger partial charge in [-0.3, -0.25) is 4.90 Å². The number of allylic oxidation sites excluding steroid dienone is 1. The first-order valence-electron chi connectivity index (χ1n) is 13.0. The first-order chi connectivity index (χ1) is 15.7. The van der Waals surface area contributed by atoms with Gasteiger partial charge in [-0.25, -0.2) is 0 Å². The average molecular weight is 455 g/mol. The van der Waals surface area contributed by atoms with Crippen molar-refractivity contribution >= 4 is 0 Å². The van der Waals surface area contributed by atoms with Crippen LogP contribution in [0.3, 0.4) is 0 Å². The van der Waals surface area contributed by atoms with Gasteiger partial charge in [0.05, 0.1) is 12.2 Å². The lowest BCUT2D eigenvalue weighted by Gasteiger charge is -2.30. The van der Waals surface area contributed by atoms with Gasteiger partial charge in [-0.1, -0.05) is 53.6 Å². The largest absolute Gasteiger partial charge is 0.392 e. The third kappa shape index (κ3) is 7.51. The molecule has 0 aromatic heterocycles. The molecule has 1 aromatic carbocycles. The molecule has 33 heavy (non-hydrogen) atoms. The topological polar surface area (TPSA) is 55.7 Å². The summed E-state index contributed by atoms with van der Waals surface area (Å²) in [6.07, 6.45) is 9.28. The van der Waals surface area contributed by atoms with Gasteiger partial charge in [0.25, 0.3) is 0 Å². The van der Waals surface area contributed by atoms with E-state index in [1.165, 1.54) is 17.6 Å². The summed E-state index contributed by atoms with van der Waals surface area (Å²) in [6, 6.07) is 9.49. The molecule has 0 amide bonds. The molecule has 4 nitrogen and oxygen atoms in total. The highest BCUT2D eigenvalue weighted by Gasteiger charge is 2.43. The molecular weight excluding hydrogens is 408 g/mol. The van der Waals surface area contributed by atoms with Crippen LogP contribution >= 0.6 is 0 Å². The Morgan fingerprint density at radius 3 is 2.64 bits per heavy atom. The van der Waals surface area contributed by atoms with Gasteiger partial charge in [-0.15, -0.1) is 0 Å². The van der Waals surface area contributed by atoms with Crippen molar-refractivity contribution in [2.75, 3.05) is 19.6 Å². The van der Waals surface area contributed by atoms with E-state index in [1.807, 2.05) is 12.1 Å². The minimum atomic E-state index is -0.509. The highest BCUT2D eigenvalue weighted by atomic mass is 16.3. The van der Waals surface area contributed by atoms with E-state index in [1.54, 1.807) is 0 Å². The smallest absolute Gasteiger partial charge is 0.0761 e. The monoisotopic (exact) mass is 454 g/mol. The fraction of sp³-hybridized carbons (Fsp3) is 0.655. The van der Waals surface area contributed by atoms with Crippen LogP contribution in [0.15, 0.2) is 48.1 Å². The molecule has 0 aliphatic heterocycles. The molecule has 184 valence electrons. The van der Waals surface area contributed by atoms with Crippen molar-refractivity contribution in [2.24, 2.45) is 17.8 Å². The Labute approximate surface area is 201 Å². The number of hydrogen-bond donors (Lipinski definition) is 3. The second-order valence-electron chi connectivity index (χ2n) is 10.8. The summed E-state index contributed by atoms with van der Waals surface area (Å²) in [6.45, 7) is 14.3. The van der Waals surface area contributed by atoms with Crippen molar-refractivity contribution in [3.8, 4) is 0 Å². The summed E-state index contributed by atoms with van der Waals surface area (Å²) in [5.74, 6) is 1.08. The highest BCUT2D eigenvalue weighted by Crippen LogP contribution is 2.47. The summed E-state index contributed by atoms with van der Waals surface area (Å²) in [7, 11) is 0. The van der Waals surface area contributed by atoms with Crippen LogP contribution in [0.1, 0.15) is 58.1 Å². The number of fused-ring (bicyclic) bond motifs is 1. The van der Waals surface area contributed by atoms with Crippen molar-refractivity contribution in [3.05, 3.63) is 59.2 Å². The van der Waals surface area contributed by atoms with Crippen LogP contribution in [-0.4, -0.2) is 59.0 Å². The lowest BCUT2D eigenvalue weighted by molar-refractivity contribution is 0.140. The number of aliphatic hydroxyl groups excluding tert-OH is 2. The summed E-state index contributed by atoms with van der Waals surface area (Å²) in [4.78, 5) is 2.55. The Hall–Kier alpha value is -1.46. The molecule has 1 aromatic rings. The molecule has 4 heteroatoms. The second-order valence-corrected chi connectivity index (χ2v) is 10.8. The maximum absolute atomic E-state index is 10.6. The second kappa shape index (κ2) is 12.3. The molecular formula is C29H46N2O2. The summed E-state index contributed by atoms with van der Waals surface area (Å²) in [5.41, 5.74) is 3.85. The standard InChI is InChI=1S/C29H46N2O2/c1-20(2)31(21(3)4)13-7-12-30-19-24-15-25-18-29(33)27(28(25)17-24)11-10-26(32)16-23-9-6-8-22(5)14-23/h6,8-11,14-15,20-21,25-30,32-33H,7,12-13,16-19H2,1-5H3/t25-,26-,27+,28-,29+/m0/s1. The molecule has 0 radical (unpaired) electrons. The van der Waals surface area contributed by atoms with Crippen LogP contribution in [-0.2, 0) is 6.42 Å². The Morgan fingerprint density at radius 1 is 1.18 bits per heavy atom. The van der Waals surface area contributed by atoms with Gasteiger partial charge in [-0.2, -0.15) is 0 Å². The van der Waals surface area contributed by atoms with Crippen LogP contribution in [0.5, 0.6) is 0 Å². The maximum atomic E-state index is 10.6. The lowest BCUT2D eigenvalue weighted by Crippen LogP contribution is -2.38. The fourth-order valence-electron chi connectivity index (χ4n) is 5.89. The van der Waals surface area contributed by atoms with Crippen LogP contribution in [0.2, 0.25) is 0 Å². The van der Waals surface area contributed by atoms with Crippen molar-refractivity contribution < 1.29 is 10.2 Å². The predicted octanol–water partition coefficient (Wildman–Crippen LogP) is 4.50. The van der Waals surface area contributed by atoms with E-state index in [0.717, 1.165) is 38.0 Å². The van der Waals surface area contributed by atoms with Crippen molar-refractivity contribution in [1.82, 2.24) is 10.2 Å². The molecule has 0 bridgehead atoms. The number of nitrogens with zero attached hydrogens (tertiary/aromatic N) is 1. The normalized spacial score (nSPS) is 26.1. The quantitative estimate of drug-likeness (QED) is 0.322. The number of hydrogen-bond acceptors (Lipinski definition) is 4. The van der Waals surface area contributed by atoms with Gasteiger partial charge in [0.1, 0.15) is 0 Å². The zero-order valence-corrected chi connectivity index (χ0v) is 21.4. The molecule has 0 heterocycles. The zero-order chi connectivity index (χ0) is 24.0. The van der Waals surface area contributed by atoms with E-state index >= 15 is 0 Å². The minimum absolute atomic E-state index is 0.140. The van der Waals surface area contributed by atoms with E-state index in [2.05, 4.69) is 75.2 Å². The molecule has 2 aliphatic carbocycles. The van der Waals surface area contributed by atoms with E-state index in [-0.39, 0.29) is 12.0 Å². The summed E-state index contributed by atoms with van der Waals surface area (Å²) in [5, 5.41) is 24.8. The van der Waals surface area contributed by atoms with Gasteiger partial charge in [0.2, 0.25) is 0 Å². The van der Waals surface area contributed by atoms with E-state index in [4.69, 9.17) is 0 Å². The van der Waals surface area contributed by atoms with Crippen LogP contribution in [0.4, 0.5) is 0 Å². The molecule has 2 aliphatic rings. The van der Waals surface area contributed by atoms with Gasteiger partial charge < -0.3 is 15.5 Å². The van der Waals surface area contributed by atoms with Crippen molar-refractivity contribution in [3.63, 3.8) is 0 Å². The number of nitrogens with one attached hydrogen (secondary N) is 1. The van der Waals surface area contributed by atoms with Gasteiger partial charge in [0.15, 0.2) is 0 Å². The van der Waals surface area contributed by atoms with Crippen LogP contribution in [0.25, 0.3) is 0 Å². The Balaban J connectivity index is 1.43. The molecule has 5 atom stereocenters. The average Bonchev–Trinajstić information content (AvgIpc) is 3.24. The van der Waals surface area contributed by atoms with Crippen molar-refractivity contribution in [2.45, 2.75) is 84.6 Å². The van der Waals surface area contributed by atoms with Crippen LogP contribution < -0.4 is 5.32 Å². The summed E-state index contributed by atoms with van der Waals surface area (Å²) >= 11 is 0. The van der Waals surface area contributed by atoms with E-state index in [0.29, 0.717) is 30.3 Å². The Kier molecular flexibility index (Phi) is 9.75. The highest BCUT2D eigenvalue weighted by molar-refractivity contribution is 5.24. The third-order valence-electron chi connectivity index (χ3n) is 7.48. The summed E-state index contributed by atoms with van der Waals surface area (Å²) < 4.78 is 0. The van der Waals surface area contributed by atoms with E-state index in [9.17, 15) is 10.2 Å². The van der Waals surface area contributed by atoms with Gasteiger partial charge in [-0.05, 0) is 84.4 Å². The van der Waals surface area contributed by atoms with E-state index < -0.39 is 6.10 Å². The number of aliphatic hydroxyl groups is 2. The van der Waals surface area contributed by atoms with Crippen LogP contribution in [0, 0.1) is 24.7 Å². The first-order valence-corrected chi connectivity index (χ1v) is 13.0. The van der Waals surface area contributed by atoms with Crippen molar-refractivity contribution in [1.29, 1.82) is 0 Å². The molecule has 0 spiro atoms. The maximum Gasteiger partial charge on any atom is 0.0761 e. The van der Waals surface area contributed by atoms with Gasteiger partial charge >= 0.3 is 0 Å². The minimum Gasteiger partial charge on any atom is -0.392 e. The predicted molar refractivity (Wildman–Crippen MR) is 138 cm³/mol. The Bertz CT molecular complexity index is 793. The molecule has 3 rings (SSSR count). The molecule has 1 fully saturated rings. The number of rotatable bonds is 12. The number of aryl methyl sites for hydroxylation is 1. The fourth-order valence-corrected chi connectivity index (χ4v) is 5.89. The Morgan fingerprint density at radius 2 is 1.94 bits per heavy atom. The SMILES string of the molecule is Cc1cccc(C[C@@H](O)C=C[C@@H]2[C@H]3CC(CNCCCN(C(C)C)C(C)C)=C[C@H]3C[C@H]2O)c1. The molecule has 1 saturated carbocycles. The first kappa shape index (κ1) is 26.2.